The summed E-state index contributed by atoms with van der Waals surface area (Å²) in [6.07, 6.45) is 0.414. The highest BCUT2D eigenvalue weighted by molar-refractivity contribution is 5.66. The van der Waals surface area contributed by atoms with Crippen molar-refractivity contribution in [2.45, 2.75) is 25.8 Å². The molecule has 0 radical (unpaired) electrons. The molecule has 0 saturated heterocycles. The zero-order chi connectivity index (χ0) is 12.3. The fraction of sp³-hybridized carbons (Fsp3) is 0.600. The Kier molecular flexibility index (Phi) is 3.89. The van der Waals surface area contributed by atoms with Crippen LogP contribution >= 0.6 is 0 Å². The number of rotatable bonds is 5. The van der Waals surface area contributed by atoms with Gasteiger partial charge in [-0.3, -0.25) is 4.79 Å². The van der Waals surface area contributed by atoms with Crippen molar-refractivity contribution in [2.24, 2.45) is 12.8 Å². The van der Waals surface area contributed by atoms with Crippen LogP contribution in [0.2, 0.25) is 0 Å². The lowest BCUT2D eigenvalue weighted by Gasteiger charge is -2.11. The predicted molar refractivity (Wildman–Crippen MR) is 58.3 cm³/mol. The molecule has 0 fully saturated rings. The molecule has 6 nitrogen and oxygen atoms in total. The van der Waals surface area contributed by atoms with Gasteiger partial charge >= 0.3 is 5.97 Å². The Labute approximate surface area is 94.0 Å². The topological polar surface area (TPSA) is 90.4 Å². The first-order chi connectivity index (χ1) is 7.47. The van der Waals surface area contributed by atoms with Crippen molar-refractivity contribution in [3.63, 3.8) is 0 Å². The average molecular weight is 227 g/mol. The molecule has 6 heteroatoms. The molecule has 3 N–H and O–H groups in total. The first kappa shape index (κ1) is 12.5. The quantitative estimate of drug-likeness (QED) is 0.768. The third-order valence-electron chi connectivity index (χ3n) is 2.45. The number of nitrogens with zero attached hydrogens (tertiary/aromatic N) is 2. The Morgan fingerprint density at radius 1 is 1.69 bits per heavy atom. The maximum atomic E-state index is 10.5. The van der Waals surface area contributed by atoms with Crippen LogP contribution in [0, 0.1) is 6.92 Å². The number of nitrogens with two attached hydrogens (primary N) is 1. The van der Waals surface area contributed by atoms with E-state index in [-0.39, 0.29) is 12.5 Å². The van der Waals surface area contributed by atoms with Gasteiger partial charge in [0.15, 0.2) is 0 Å². The van der Waals surface area contributed by atoms with Crippen molar-refractivity contribution in [1.82, 2.24) is 9.78 Å². The molecule has 0 aliphatic heterocycles. The Balaban J connectivity index is 2.89. The van der Waals surface area contributed by atoms with Gasteiger partial charge in [-0.2, -0.15) is 5.10 Å². The van der Waals surface area contributed by atoms with E-state index in [1.807, 2.05) is 6.92 Å². The van der Waals surface area contributed by atoms with Gasteiger partial charge < -0.3 is 15.6 Å². The molecule has 90 valence electrons. The van der Waals surface area contributed by atoms with E-state index < -0.39 is 5.97 Å². The van der Waals surface area contributed by atoms with Gasteiger partial charge in [0.25, 0.3) is 0 Å². The molecule has 1 aromatic heterocycles. The normalized spacial score (nSPS) is 12.5. The van der Waals surface area contributed by atoms with Gasteiger partial charge in [-0.25, -0.2) is 4.68 Å². The number of carboxylic acids is 1. The number of aliphatic carboxylic acids is 1. The van der Waals surface area contributed by atoms with Crippen molar-refractivity contribution in [1.29, 1.82) is 0 Å². The Hall–Kier alpha value is -1.56. The summed E-state index contributed by atoms with van der Waals surface area (Å²) in [5.41, 5.74) is 7.50. The molecule has 0 aliphatic carbocycles. The second-order valence-electron chi connectivity index (χ2n) is 3.67. The highest BCUT2D eigenvalue weighted by Crippen LogP contribution is 2.28. The third kappa shape index (κ3) is 2.52. The van der Waals surface area contributed by atoms with Gasteiger partial charge in [-0.1, -0.05) is 0 Å². The number of hydrogen-bond donors (Lipinski definition) is 2. The minimum atomic E-state index is -0.851. The van der Waals surface area contributed by atoms with Crippen LogP contribution in [0.3, 0.4) is 0 Å². The molecule has 1 heterocycles. The molecule has 0 bridgehead atoms. The Morgan fingerprint density at radius 3 is 2.81 bits per heavy atom. The second-order valence-corrected chi connectivity index (χ2v) is 3.67. The number of aromatic nitrogens is 2. The van der Waals surface area contributed by atoms with E-state index in [9.17, 15) is 4.79 Å². The van der Waals surface area contributed by atoms with Crippen LogP contribution in [0.25, 0.3) is 0 Å². The number of hydrogen-bond acceptors (Lipinski definition) is 4. The van der Waals surface area contributed by atoms with E-state index in [2.05, 4.69) is 5.10 Å². The van der Waals surface area contributed by atoms with Gasteiger partial charge in [0, 0.05) is 19.5 Å². The minimum absolute atomic E-state index is 0.0403. The molecular formula is C10H17N3O3. The monoisotopic (exact) mass is 227 g/mol. The van der Waals surface area contributed by atoms with E-state index >= 15 is 0 Å². The number of carbonyl (C=O) groups is 1. The van der Waals surface area contributed by atoms with Gasteiger partial charge in [-0.05, 0) is 13.3 Å². The summed E-state index contributed by atoms with van der Waals surface area (Å²) in [5, 5.41) is 12.8. The second kappa shape index (κ2) is 4.98. The standard InChI is InChI=1S/C10H17N3O3/c1-6-9(7(11)4-5-8(14)15)10(16-3)13(2)12-6/h7H,4-5,11H2,1-3H3,(H,14,15). The number of ether oxygens (including phenoxy) is 1. The van der Waals surface area contributed by atoms with Crippen LogP contribution in [0.4, 0.5) is 0 Å². The van der Waals surface area contributed by atoms with Crippen molar-refractivity contribution in [3.05, 3.63) is 11.3 Å². The van der Waals surface area contributed by atoms with E-state index in [1.165, 1.54) is 0 Å². The summed E-state index contributed by atoms with van der Waals surface area (Å²) in [6, 6.07) is -0.361. The molecular weight excluding hydrogens is 210 g/mol. The minimum Gasteiger partial charge on any atom is -0.481 e. The first-order valence-corrected chi connectivity index (χ1v) is 5.02. The molecule has 16 heavy (non-hydrogen) atoms. The van der Waals surface area contributed by atoms with Crippen LogP contribution in [0.15, 0.2) is 0 Å². The fourth-order valence-electron chi connectivity index (χ4n) is 1.75. The first-order valence-electron chi connectivity index (χ1n) is 5.02. The van der Waals surface area contributed by atoms with Crippen LogP contribution in [-0.2, 0) is 11.8 Å². The van der Waals surface area contributed by atoms with Gasteiger partial charge in [0.1, 0.15) is 0 Å². The molecule has 1 atom stereocenters. The van der Waals surface area contributed by atoms with E-state index in [0.717, 1.165) is 11.3 Å². The van der Waals surface area contributed by atoms with Crippen LogP contribution < -0.4 is 10.5 Å². The van der Waals surface area contributed by atoms with Crippen LogP contribution in [0.1, 0.15) is 30.1 Å². The average Bonchev–Trinajstić information content (AvgIpc) is 2.49. The smallest absolute Gasteiger partial charge is 0.303 e. The highest BCUT2D eigenvalue weighted by Gasteiger charge is 2.20. The highest BCUT2D eigenvalue weighted by atomic mass is 16.5. The summed E-state index contributed by atoms with van der Waals surface area (Å²) in [6.45, 7) is 1.83. The van der Waals surface area contributed by atoms with Crippen molar-refractivity contribution in [2.75, 3.05) is 7.11 Å². The van der Waals surface area contributed by atoms with Gasteiger partial charge in [0.05, 0.1) is 18.4 Å². The zero-order valence-corrected chi connectivity index (χ0v) is 9.73. The van der Waals surface area contributed by atoms with E-state index in [0.29, 0.717) is 12.3 Å². The fourth-order valence-corrected chi connectivity index (χ4v) is 1.75. The number of methoxy groups -OCH3 is 1. The maximum absolute atomic E-state index is 10.5. The lowest BCUT2D eigenvalue weighted by atomic mass is 10.0. The summed E-state index contributed by atoms with van der Waals surface area (Å²) >= 11 is 0. The van der Waals surface area contributed by atoms with Gasteiger partial charge in [-0.15, -0.1) is 0 Å². The molecule has 1 aromatic rings. The Morgan fingerprint density at radius 2 is 2.31 bits per heavy atom. The van der Waals surface area contributed by atoms with Crippen LogP contribution in [-0.4, -0.2) is 28.0 Å². The molecule has 0 aromatic carbocycles. The molecule has 0 spiro atoms. The molecule has 0 saturated carbocycles. The predicted octanol–water partition coefficient (Wildman–Crippen LogP) is 0.602. The van der Waals surface area contributed by atoms with E-state index in [1.54, 1.807) is 18.8 Å². The maximum Gasteiger partial charge on any atom is 0.303 e. The summed E-state index contributed by atoms with van der Waals surface area (Å²) < 4.78 is 6.80. The summed E-state index contributed by atoms with van der Waals surface area (Å²) in [4.78, 5) is 10.5. The molecule has 0 amide bonds. The number of aryl methyl sites for hydroxylation is 2. The molecule has 1 unspecified atom stereocenters. The van der Waals surface area contributed by atoms with Crippen LogP contribution in [0.5, 0.6) is 5.88 Å². The van der Waals surface area contributed by atoms with Crippen molar-refractivity contribution in [3.8, 4) is 5.88 Å². The third-order valence-corrected chi connectivity index (χ3v) is 2.45. The van der Waals surface area contributed by atoms with Crippen molar-refractivity contribution >= 4 is 5.97 Å². The lowest BCUT2D eigenvalue weighted by Crippen LogP contribution is -2.14. The molecule has 0 aliphatic rings. The van der Waals surface area contributed by atoms with Gasteiger partial charge in [0.2, 0.25) is 5.88 Å². The Bertz CT molecular complexity index is 387. The summed E-state index contributed by atoms with van der Waals surface area (Å²) in [7, 11) is 3.31. The summed E-state index contributed by atoms with van der Waals surface area (Å²) in [5.74, 6) is -0.258. The number of carboxylic acid groups (broad SMARTS) is 1. The van der Waals surface area contributed by atoms with Crippen molar-refractivity contribution < 1.29 is 14.6 Å². The lowest BCUT2D eigenvalue weighted by molar-refractivity contribution is -0.137. The SMILES string of the molecule is COc1c(C(N)CCC(=O)O)c(C)nn1C. The largest absolute Gasteiger partial charge is 0.481 e. The zero-order valence-electron chi connectivity index (χ0n) is 9.73. The van der Waals surface area contributed by atoms with E-state index in [4.69, 9.17) is 15.6 Å². The molecule has 1 rings (SSSR count).